The van der Waals surface area contributed by atoms with E-state index in [1.54, 1.807) is 0 Å². The first-order valence-corrected chi connectivity index (χ1v) is 8.13. The van der Waals surface area contributed by atoms with Crippen LogP contribution in [0.5, 0.6) is 0 Å². The molecule has 0 bridgehead atoms. The van der Waals surface area contributed by atoms with Gasteiger partial charge >= 0.3 is 0 Å². The molecule has 1 aromatic rings. The van der Waals surface area contributed by atoms with Crippen molar-refractivity contribution in [3.05, 3.63) is 47.5 Å². The summed E-state index contributed by atoms with van der Waals surface area (Å²) in [5, 5.41) is 0. The van der Waals surface area contributed by atoms with E-state index in [4.69, 9.17) is 4.74 Å². The highest BCUT2D eigenvalue weighted by Crippen LogP contribution is 2.34. The summed E-state index contributed by atoms with van der Waals surface area (Å²) in [6, 6.07) is 8.88. The molecular weight excluding hydrogens is 258 g/mol. The van der Waals surface area contributed by atoms with E-state index < -0.39 is 0 Å². The monoisotopic (exact) mass is 285 g/mol. The van der Waals surface area contributed by atoms with Gasteiger partial charge in [-0.1, -0.05) is 43.3 Å². The van der Waals surface area contributed by atoms with Gasteiger partial charge in [-0.25, -0.2) is 0 Å². The quantitative estimate of drug-likeness (QED) is 0.786. The largest absolute Gasteiger partial charge is 0.374 e. The zero-order valence-electron chi connectivity index (χ0n) is 13.5. The van der Waals surface area contributed by atoms with Crippen LogP contribution in [0.1, 0.15) is 31.4 Å². The molecule has 2 aliphatic rings. The van der Waals surface area contributed by atoms with Crippen LogP contribution in [-0.4, -0.2) is 30.7 Å². The number of benzene rings is 1. The molecule has 0 aromatic heterocycles. The van der Waals surface area contributed by atoms with E-state index in [0.29, 0.717) is 11.8 Å². The van der Waals surface area contributed by atoms with Gasteiger partial charge in [-0.3, -0.25) is 4.90 Å². The van der Waals surface area contributed by atoms with Crippen LogP contribution in [0, 0.1) is 11.8 Å². The molecule has 1 aliphatic heterocycles. The van der Waals surface area contributed by atoms with Crippen LogP contribution < -0.4 is 0 Å². The number of hydrogen-bond acceptors (Lipinski definition) is 2. The lowest BCUT2D eigenvalue weighted by Gasteiger charge is -2.39. The van der Waals surface area contributed by atoms with Gasteiger partial charge in [0, 0.05) is 26.7 Å². The first-order chi connectivity index (χ1) is 10.1. The van der Waals surface area contributed by atoms with Gasteiger partial charge in [-0.05, 0) is 42.7 Å². The zero-order valence-corrected chi connectivity index (χ0v) is 13.5. The van der Waals surface area contributed by atoms with E-state index in [0.717, 1.165) is 13.0 Å². The third-order valence-corrected chi connectivity index (χ3v) is 5.30. The second-order valence-electron chi connectivity index (χ2n) is 6.97. The van der Waals surface area contributed by atoms with Crippen LogP contribution >= 0.6 is 0 Å². The fourth-order valence-electron chi connectivity index (χ4n) is 3.78. The molecule has 0 N–H and O–H groups in total. The Hall–Kier alpha value is -1.12. The van der Waals surface area contributed by atoms with Crippen molar-refractivity contribution in [2.24, 2.45) is 11.8 Å². The maximum absolute atomic E-state index is 5.63. The third-order valence-electron chi connectivity index (χ3n) is 5.30. The highest BCUT2D eigenvalue weighted by atomic mass is 16.5. The standard InChI is InChI=1S/C19H27NO/c1-15-12-19(2,21-3)10-8-17(15)13-20-11-9-16-6-4-5-7-18(16)14-20/h4-8,10,15,17H,9,11-14H2,1-3H3. The maximum Gasteiger partial charge on any atom is 0.0833 e. The Bertz CT molecular complexity index is 524. The first-order valence-electron chi connectivity index (χ1n) is 8.13. The van der Waals surface area contributed by atoms with Crippen molar-refractivity contribution in [2.75, 3.05) is 20.2 Å². The molecular formula is C19H27NO. The van der Waals surface area contributed by atoms with E-state index in [9.17, 15) is 0 Å². The first kappa shape index (κ1) is 14.8. The summed E-state index contributed by atoms with van der Waals surface area (Å²) in [5.74, 6) is 1.33. The Morgan fingerprint density at radius 2 is 2.05 bits per heavy atom. The van der Waals surface area contributed by atoms with Crippen molar-refractivity contribution in [1.29, 1.82) is 0 Å². The molecule has 114 valence electrons. The third kappa shape index (κ3) is 3.22. The summed E-state index contributed by atoms with van der Waals surface area (Å²) >= 11 is 0. The molecule has 1 heterocycles. The fourth-order valence-corrected chi connectivity index (χ4v) is 3.78. The van der Waals surface area contributed by atoms with Gasteiger partial charge < -0.3 is 4.74 Å². The zero-order chi connectivity index (χ0) is 14.9. The van der Waals surface area contributed by atoms with Crippen LogP contribution in [0.15, 0.2) is 36.4 Å². The topological polar surface area (TPSA) is 12.5 Å². The molecule has 3 unspecified atom stereocenters. The molecule has 0 radical (unpaired) electrons. The summed E-state index contributed by atoms with van der Waals surface area (Å²) in [7, 11) is 1.82. The van der Waals surface area contributed by atoms with Crippen LogP contribution in [0.4, 0.5) is 0 Å². The lowest BCUT2D eigenvalue weighted by molar-refractivity contribution is 0.0133. The number of ether oxygens (including phenoxy) is 1. The predicted molar refractivity (Wildman–Crippen MR) is 87.2 cm³/mol. The molecule has 1 aliphatic carbocycles. The molecule has 1 aromatic carbocycles. The lowest BCUT2D eigenvalue weighted by atomic mass is 9.78. The summed E-state index contributed by atoms with van der Waals surface area (Å²) in [4.78, 5) is 2.61. The number of methoxy groups -OCH3 is 1. The fraction of sp³-hybridized carbons (Fsp3) is 0.579. The number of nitrogens with zero attached hydrogens (tertiary/aromatic N) is 1. The summed E-state index contributed by atoms with van der Waals surface area (Å²) in [6.07, 6.45) is 6.97. The minimum Gasteiger partial charge on any atom is -0.374 e. The summed E-state index contributed by atoms with van der Waals surface area (Å²) < 4.78 is 5.63. The number of fused-ring (bicyclic) bond motifs is 1. The van der Waals surface area contributed by atoms with Crippen LogP contribution in [0.3, 0.4) is 0 Å². The van der Waals surface area contributed by atoms with Gasteiger partial charge in [0.25, 0.3) is 0 Å². The molecule has 3 atom stereocenters. The second-order valence-corrected chi connectivity index (χ2v) is 6.97. The molecule has 3 rings (SSSR count). The molecule has 0 spiro atoms. The van der Waals surface area contributed by atoms with E-state index in [1.165, 1.54) is 30.6 Å². The number of rotatable bonds is 3. The Morgan fingerprint density at radius 3 is 2.76 bits per heavy atom. The van der Waals surface area contributed by atoms with Gasteiger partial charge in [0.15, 0.2) is 0 Å². The minimum absolute atomic E-state index is 0.0651. The Balaban J connectivity index is 1.65. The minimum atomic E-state index is -0.0651. The normalized spacial score (nSPS) is 32.9. The molecule has 2 heteroatoms. The summed E-state index contributed by atoms with van der Waals surface area (Å²) in [6.45, 7) is 8.02. The Labute approximate surface area is 128 Å². The van der Waals surface area contributed by atoms with Crippen molar-refractivity contribution in [1.82, 2.24) is 4.90 Å². The van der Waals surface area contributed by atoms with Gasteiger partial charge in [0.1, 0.15) is 0 Å². The highest BCUT2D eigenvalue weighted by molar-refractivity contribution is 5.29. The smallest absolute Gasteiger partial charge is 0.0833 e. The van der Waals surface area contributed by atoms with Gasteiger partial charge in [0.2, 0.25) is 0 Å². The van der Waals surface area contributed by atoms with Gasteiger partial charge in [0.05, 0.1) is 5.60 Å². The van der Waals surface area contributed by atoms with E-state index in [2.05, 4.69) is 55.2 Å². The predicted octanol–water partition coefficient (Wildman–Crippen LogP) is 3.66. The second kappa shape index (κ2) is 5.94. The average molecular weight is 285 g/mol. The molecule has 0 saturated carbocycles. The van der Waals surface area contributed by atoms with Crippen LogP contribution in [0.25, 0.3) is 0 Å². The molecule has 21 heavy (non-hydrogen) atoms. The van der Waals surface area contributed by atoms with Crippen molar-refractivity contribution >= 4 is 0 Å². The lowest BCUT2D eigenvalue weighted by Crippen LogP contribution is -2.40. The summed E-state index contributed by atoms with van der Waals surface area (Å²) in [5.41, 5.74) is 2.98. The highest BCUT2D eigenvalue weighted by Gasteiger charge is 2.32. The van der Waals surface area contributed by atoms with Crippen molar-refractivity contribution < 1.29 is 4.74 Å². The molecule has 0 fully saturated rings. The van der Waals surface area contributed by atoms with E-state index >= 15 is 0 Å². The van der Waals surface area contributed by atoms with E-state index in [1.807, 2.05) is 7.11 Å². The SMILES string of the molecule is COC1(C)C=CC(CN2CCc3ccccc3C2)C(C)C1. The average Bonchev–Trinajstić information content (AvgIpc) is 2.50. The van der Waals surface area contributed by atoms with Gasteiger partial charge in [-0.15, -0.1) is 0 Å². The van der Waals surface area contributed by atoms with Crippen molar-refractivity contribution in [2.45, 2.75) is 38.8 Å². The van der Waals surface area contributed by atoms with Crippen molar-refractivity contribution in [3.63, 3.8) is 0 Å². The molecule has 2 nitrogen and oxygen atoms in total. The molecule has 0 saturated heterocycles. The Morgan fingerprint density at radius 1 is 1.29 bits per heavy atom. The van der Waals surface area contributed by atoms with Crippen molar-refractivity contribution in [3.8, 4) is 0 Å². The van der Waals surface area contributed by atoms with Crippen LogP contribution in [-0.2, 0) is 17.7 Å². The van der Waals surface area contributed by atoms with Gasteiger partial charge in [-0.2, -0.15) is 0 Å². The molecule has 0 amide bonds. The maximum atomic E-state index is 5.63. The Kier molecular flexibility index (Phi) is 4.19. The van der Waals surface area contributed by atoms with Crippen LogP contribution in [0.2, 0.25) is 0 Å². The van der Waals surface area contributed by atoms with E-state index in [-0.39, 0.29) is 5.60 Å². The number of hydrogen-bond donors (Lipinski definition) is 0.